The summed E-state index contributed by atoms with van der Waals surface area (Å²) in [5, 5.41) is 6.84. The molecule has 0 spiro atoms. The number of likely N-dealkylation sites (tertiary alicyclic amines) is 1. The Balaban J connectivity index is 1.32. The van der Waals surface area contributed by atoms with Crippen LogP contribution in [0.3, 0.4) is 0 Å². The molecule has 0 amide bonds. The SMILES string of the molecule is COC(=O)c1cnc2c(c1)[nH]c1nc(Cc3ccc4ccccc4c3)nc(NCCCN3CCCCC3)c12. The second-order valence-corrected chi connectivity index (χ2v) is 9.99. The van der Waals surface area contributed by atoms with Gasteiger partial charge in [0, 0.05) is 19.2 Å². The number of hydrogen-bond acceptors (Lipinski definition) is 7. The fourth-order valence-electron chi connectivity index (χ4n) is 5.37. The van der Waals surface area contributed by atoms with E-state index in [1.165, 1.54) is 50.2 Å². The molecule has 1 aliphatic rings. The smallest absolute Gasteiger partial charge is 0.339 e. The summed E-state index contributed by atoms with van der Waals surface area (Å²) in [6.07, 6.45) is 7.13. The predicted octanol–water partition coefficient (Wildman–Crippen LogP) is 5.32. The lowest BCUT2D eigenvalue weighted by molar-refractivity contribution is 0.0600. The number of nitrogens with one attached hydrogen (secondary N) is 2. The van der Waals surface area contributed by atoms with Gasteiger partial charge in [-0.05, 0) is 61.3 Å². The Hall–Kier alpha value is -4.04. The average Bonchev–Trinajstić information content (AvgIpc) is 3.33. The molecular formula is C30H32N6O2. The van der Waals surface area contributed by atoms with E-state index in [-0.39, 0.29) is 0 Å². The van der Waals surface area contributed by atoms with Crippen molar-refractivity contribution in [2.75, 3.05) is 38.6 Å². The molecule has 8 heteroatoms. The zero-order valence-corrected chi connectivity index (χ0v) is 21.7. The monoisotopic (exact) mass is 508 g/mol. The van der Waals surface area contributed by atoms with E-state index < -0.39 is 5.97 Å². The van der Waals surface area contributed by atoms with Crippen LogP contribution in [0.1, 0.15) is 47.4 Å². The van der Waals surface area contributed by atoms with Crippen molar-refractivity contribution in [2.24, 2.45) is 0 Å². The third-order valence-electron chi connectivity index (χ3n) is 7.32. The number of aromatic nitrogens is 4. The first kappa shape index (κ1) is 24.3. The average molecular weight is 509 g/mol. The van der Waals surface area contributed by atoms with Gasteiger partial charge in [-0.3, -0.25) is 4.98 Å². The molecule has 3 aromatic heterocycles. The minimum absolute atomic E-state index is 0.395. The Morgan fingerprint density at radius 2 is 1.89 bits per heavy atom. The number of nitrogens with zero attached hydrogens (tertiary/aromatic N) is 4. The van der Waals surface area contributed by atoms with Gasteiger partial charge in [0.25, 0.3) is 0 Å². The van der Waals surface area contributed by atoms with Crippen molar-refractivity contribution in [3.05, 3.63) is 71.7 Å². The fourth-order valence-corrected chi connectivity index (χ4v) is 5.37. The molecule has 0 atom stereocenters. The zero-order valence-electron chi connectivity index (χ0n) is 21.7. The van der Waals surface area contributed by atoms with Crippen LogP contribution in [0.2, 0.25) is 0 Å². The lowest BCUT2D eigenvalue weighted by Crippen LogP contribution is -2.31. The molecule has 1 fully saturated rings. The molecule has 2 N–H and O–H groups in total. The maximum atomic E-state index is 12.1. The topological polar surface area (TPSA) is 96.0 Å². The van der Waals surface area contributed by atoms with Crippen LogP contribution >= 0.6 is 0 Å². The number of pyridine rings is 1. The summed E-state index contributed by atoms with van der Waals surface area (Å²) in [6, 6.07) is 16.6. The van der Waals surface area contributed by atoms with Crippen LogP contribution in [0.4, 0.5) is 5.82 Å². The summed E-state index contributed by atoms with van der Waals surface area (Å²) in [4.78, 5) is 32.4. The van der Waals surface area contributed by atoms with Gasteiger partial charge in [0.15, 0.2) is 0 Å². The molecule has 1 saturated heterocycles. The van der Waals surface area contributed by atoms with Gasteiger partial charge < -0.3 is 19.9 Å². The maximum Gasteiger partial charge on any atom is 0.339 e. The molecule has 0 unspecified atom stereocenters. The van der Waals surface area contributed by atoms with Crippen LogP contribution < -0.4 is 5.32 Å². The molecule has 0 aliphatic carbocycles. The highest BCUT2D eigenvalue weighted by molar-refractivity contribution is 6.10. The summed E-state index contributed by atoms with van der Waals surface area (Å²) in [7, 11) is 1.37. The summed E-state index contributed by atoms with van der Waals surface area (Å²) >= 11 is 0. The summed E-state index contributed by atoms with van der Waals surface area (Å²) in [6.45, 7) is 4.29. The van der Waals surface area contributed by atoms with Gasteiger partial charge in [0.1, 0.15) is 22.8 Å². The zero-order chi connectivity index (χ0) is 25.9. The van der Waals surface area contributed by atoms with Crippen molar-refractivity contribution >= 4 is 44.6 Å². The highest BCUT2D eigenvalue weighted by Gasteiger charge is 2.18. The number of methoxy groups -OCH3 is 1. The minimum atomic E-state index is -0.419. The predicted molar refractivity (Wildman–Crippen MR) is 151 cm³/mol. The molecule has 0 saturated carbocycles. The van der Waals surface area contributed by atoms with Crippen molar-refractivity contribution < 1.29 is 9.53 Å². The fraction of sp³-hybridized carbons (Fsp3) is 0.333. The Kier molecular flexibility index (Phi) is 6.88. The molecule has 2 aromatic carbocycles. The number of rotatable bonds is 8. The van der Waals surface area contributed by atoms with Gasteiger partial charge in [-0.1, -0.05) is 48.9 Å². The van der Waals surface area contributed by atoms with Crippen LogP contribution in [0, 0.1) is 0 Å². The van der Waals surface area contributed by atoms with Gasteiger partial charge in [0.05, 0.1) is 23.6 Å². The standard InChI is InChI=1S/C30H32N6O2/c1-38-30(37)23-18-24-27(32-19-23)26-28(31-12-7-15-36-13-5-2-6-14-36)34-25(35-29(26)33-24)17-20-10-11-21-8-3-4-9-22(21)16-20/h3-4,8-11,16,18-19H,2,5-7,12-15,17H2,1H3,(H2,31,33,34,35). The molecule has 194 valence electrons. The highest BCUT2D eigenvalue weighted by Crippen LogP contribution is 2.29. The van der Waals surface area contributed by atoms with E-state index in [0.717, 1.165) is 53.1 Å². The third-order valence-corrected chi connectivity index (χ3v) is 7.32. The molecule has 5 aromatic rings. The molecule has 38 heavy (non-hydrogen) atoms. The second-order valence-electron chi connectivity index (χ2n) is 9.99. The number of benzene rings is 2. The lowest BCUT2D eigenvalue weighted by atomic mass is 10.0. The minimum Gasteiger partial charge on any atom is -0.465 e. The van der Waals surface area contributed by atoms with Gasteiger partial charge in [-0.15, -0.1) is 0 Å². The van der Waals surface area contributed by atoms with Crippen LogP contribution in [0.25, 0.3) is 32.8 Å². The first-order valence-electron chi connectivity index (χ1n) is 13.4. The number of H-pyrrole nitrogens is 1. The van der Waals surface area contributed by atoms with Crippen LogP contribution in [0.5, 0.6) is 0 Å². The third kappa shape index (κ3) is 5.04. The largest absolute Gasteiger partial charge is 0.465 e. The first-order valence-corrected chi connectivity index (χ1v) is 13.4. The Bertz CT molecular complexity index is 1610. The Morgan fingerprint density at radius 3 is 2.74 bits per heavy atom. The van der Waals surface area contributed by atoms with Crippen molar-refractivity contribution in [1.29, 1.82) is 0 Å². The number of anilines is 1. The van der Waals surface area contributed by atoms with E-state index in [9.17, 15) is 4.79 Å². The lowest BCUT2D eigenvalue weighted by Gasteiger charge is -2.26. The van der Waals surface area contributed by atoms with Crippen molar-refractivity contribution in [2.45, 2.75) is 32.1 Å². The quantitative estimate of drug-likeness (QED) is 0.216. The Morgan fingerprint density at radius 1 is 1.05 bits per heavy atom. The number of fused-ring (bicyclic) bond motifs is 4. The maximum absolute atomic E-state index is 12.1. The number of hydrogen-bond donors (Lipinski definition) is 2. The number of ether oxygens (including phenoxy) is 1. The summed E-state index contributed by atoms with van der Waals surface area (Å²) < 4.78 is 4.88. The van der Waals surface area contributed by atoms with Gasteiger partial charge in [0.2, 0.25) is 0 Å². The molecule has 4 heterocycles. The molecule has 8 nitrogen and oxygen atoms in total. The number of carbonyl (C=O) groups is 1. The molecule has 1 aliphatic heterocycles. The summed E-state index contributed by atoms with van der Waals surface area (Å²) in [5.41, 5.74) is 3.73. The van der Waals surface area contributed by atoms with Gasteiger partial charge in [-0.25, -0.2) is 14.8 Å². The molecule has 0 radical (unpaired) electrons. The van der Waals surface area contributed by atoms with Crippen LogP contribution in [-0.2, 0) is 11.2 Å². The highest BCUT2D eigenvalue weighted by atomic mass is 16.5. The van der Waals surface area contributed by atoms with Crippen LogP contribution in [0.15, 0.2) is 54.7 Å². The van der Waals surface area contributed by atoms with E-state index in [4.69, 9.17) is 14.7 Å². The van der Waals surface area contributed by atoms with Crippen LogP contribution in [-0.4, -0.2) is 64.1 Å². The van der Waals surface area contributed by atoms with Gasteiger partial charge >= 0.3 is 5.97 Å². The number of piperidine rings is 1. The van der Waals surface area contributed by atoms with Crippen molar-refractivity contribution in [3.63, 3.8) is 0 Å². The first-order chi connectivity index (χ1) is 18.7. The molecule has 0 bridgehead atoms. The second kappa shape index (κ2) is 10.8. The summed E-state index contributed by atoms with van der Waals surface area (Å²) in [5.74, 6) is 1.08. The Labute approximate surface area is 221 Å². The number of aromatic amines is 1. The number of carbonyl (C=O) groups excluding carboxylic acids is 1. The molecular weight excluding hydrogens is 476 g/mol. The van der Waals surface area contributed by atoms with E-state index in [1.54, 1.807) is 12.3 Å². The number of esters is 1. The van der Waals surface area contributed by atoms with Crippen molar-refractivity contribution in [1.82, 2.24) is 24.8 Å². The van der Waals surface area contributed by atoms with Crippen molar-refractivity contribution in [3.8, 4) is 0 Å². The van der Waals surface area contributed by atoms with E-state index in [1.807, 2.05) is 0 Å². The molecule has 6 rings (SSSR count). The van der Waals surface area contributed by atoms with E-state index in [0.29, 0.717) is 17.6 Å². The van der Waals surface area contributed by atoms with E-state index >= 15 is 0 Å². The van der Waals surface area contributed by atoms with E-state index in [2.05, 4.69) is 62.6 Å². The normalized spacial score (nSPS) is 14.3. The van der Waals surface area contributed by atoms with Gasteiger partial charge in [-0.2, -0.15) is 0 Å².